The van der Waals surface area contributed by atoms with Gasteiger partial charge in [-0.05, 0) is 25.5 Å². The standard InChI is InChI=1S/C11H15N/c1-4-11(12-3)10-7-5-6-9(2)8-10/h4-8,12H,1-3H3/b11-4-. The molecule has 0 fully saturated rings. The average molecular weight is 161 g/mol. The molecule has 1 aromatic rings. The molecule has 0 spiro atoms. The van der Waals surface area contributed by atoms with E-state index in [2.05, 4.69) is 42.6 Å². The number of nitrogens with one attached hydrogen (secondary N) is 1. The van der Waals surface area contributed by atoms with Crippen molar-refractivity contribution in [3.05, 3.63) is 41.5 Å². The van der Waals surface area contributed by atoms with E-state index in [1.165, 1.54) is 16.8 Å². The molecular formula is C11H15N. The summed E-state index contributed by atoms with van der Waals surface area (Å²) in [7, 11) is 1.94. The van der Waals surface area contributed by atoms with Crippen LogP contribution in [0.1, 0.15) is 18.1 Å². The summed E-state index contributed by atoms with van der Waals surface area (Å²) in [6.07, 6.45) is 2.08. The second-order valence-electron chi connectivity index (χ2n) is 2.82. The highest BCUT2D eigenvalue weighted by atomic mass is 14.8. The summed E-state index contributed by atoms with van der Waals surface area (Å²) in [6.45, 7) is 4.14. The molecule has 0 aliphatic rings. The van der Waals surface area contributed by atoms with E-state index in [0.717, 1.165) is 0 Å². The van der Waals surface area contributed by atoms with Gasteiger partial charge in [-0.15, -0.1) is 0 Å². The first kappa shape index (κ1) is 8.85. The number of aryl methyl sites for hydroxylation is 1. The van der Waals surface area contributed by atoms with Crippen molar-refractivity contribution in [3.8, 4) is 0 Å². The Hall–Kier alpha value is -1.24. The van der Waals surface area contributed by atoms with Gasteiger partial charge in [0.2, 0.25) is 0 Å². The predicted octanol–water partition coefficient (Wildman–Crippen LogP) is 2.58. The van der Waals surface area contributed by atoms with E-state index in [1.807, 2.05) is 14.0 Å². The first-order valence-corrected chi connectivity index (χ1v) is 4.19. The van der Waals surface area contributed by atoms with Crippen molar-refractivity contribution in [3.63, 3.8) is 0 Å². The largest absolute Gasteiger partial charge is 0.388 e. The fourth-order valence-corrected chi connectivity index (χ4v) is 1.27. The van der Waals surface area contributed by atoms with Crippen LogP contribution < -0.4 is 5.32 Å². The molecule has 1 aromatic carbocycles. The molecule has 64 valence electrons. The zero-order valence-corrected chi connectivity index (χ0v) is 7.89. The lowest BCUT2D eigenvalue weighted by molar-refractivity contribution is 1.12. The van der Waals surface area contributed by atoms with Gasteiger partial charge in [-0.2, -0.15) is 0 Å². The van der Waals surface area contributed by atoms with Gasteiger partial charge in [-0.1, -0.05) is 29.8 Å². The van der Waals surface area contributed by atoms with Gasteiger partial charge in [0.05, 0.1) is 0 Å². The van der Waals surface area contributed by atoms with Gasteiger partial charge in [-0.3, -0.25) is 0 Å². The van der Waals surface area contributed by atoms with Gasteiger partial charge in [0.15, 0.2) is 0 Å². The van der Waals surface area contributed by atoms with Crippen molar-refractivity contribution in [1.82, 2.24) is 5.32 Å². The van der Waals surface area contributed by atoms with Gasteiger partial charge in [-0.25, -0.2) is 0 Å². The lowest BCUT2D eigenvalue weighted by Gasteiger charge is -2.06. The Morgan fingerprint density at radius 1 is 1.42 bits per heavy atom. The molecule has 0 unspecified atom stereocenters. The van der Waals surface area contributed by atoms with Crippen LogP contribution in [-0.2, 0) is 0 Å². The molecule has 1 nitrogen and oxygen atoms in total. The average Bonchev–Trinajstić information content (AvgIpc) is 2.07. The number of benzene rings is 1. The van der Waals surface area contributed by atoms with Gasteiger partial charge >= 0.3 is 0 Å². The summed E-state index contributed by atoms with van der Waals surface area (Å²) in [6, 6.07) is 8.46. The van der Waals surface area contributed by atoms with Crippen molar-refractivity contribution >= 4 is 5.70 Å². The maximum atomic E-state index is 3.16. The minimum absolute atomic E-state index is 1.18. The zero-order valence-electron chi connectivity index (χ0n) is 7.89. The predicted molar refractivity (Wildman–Crippen MR) is 53.9 cm³/mol. The van der Waals surface area contributed by atoms with Gasteiger partial charge in [0.25, 0.3) is 0 Å². The van der Waals surface area contributed by atoms with E-state index in [4.69, 9.17) is 0 Å². The van der Waals surface area contributed by atoms with E-state index >= 15 is 0 Å². The molecule has 1 heteroatoms. The van der Waals surface area contributed by atoms with Crippen LogP contribution in [0.25, 0.3) is 5.70 Å². The summed E-state index contributed by atoms with van der Waals surface area (Å²) < 4.78 is 0. The van der Waals surface area contributed by atoms with Crippen LogP contribution in [0.4, 0.5) is 0 Å². The monoisotopic (exact) mass is 161 g/mol. The lowest BCUT2D eigenvalue weighted by atomic mass is 10.1. The molecule has 1 rings (SSSR count). The Bertz CT molecular complexity index is 287. The molecule has 1 N–H and O–H groups in total. The second kappa shape index (κ2) is 3.96. The lowest BCUT2D eigenvalue weighted by Crippen LogP contribution is -2.03. The minimum atomic E-state index is 1.18. The molecule has 0 amide bonds. The third-order valence-electron chi connectivity index (χ3n) is 1.89. The van der Waals surface area contributed by atoms with Gasteiger partial charge < -0.3 is 5.32 Å². The van der Waals surface area contributed by atoms with Crippen molar-refractivity contribution < 1.29 is 0 Å². The summed E-state index contributed by atoms with van der Waals surface area (Å²) in [5, 5.41) is 3.16. The summed E-state index contributed by atoms with van der Waals surface area (Å²) >= 11 is 0. The Labute approximate surface area is 74.1 Å². The Morgan fingerprint density at radius 3 is 2.67 bits per heavy atom. The number of hydrogen-bond acceptors (Lipinski definition) is 1. The number of allylic oxidation sites excluding steroid dienone is 1. The highest BCUT2D eigenvalue weighted by molar-refractivity contribution is 5.63. The molecule has 0 aliphatic heterocycles. The summed E-state index contributed by atoms with van der Waals surface area (Å²) in [5.74, 6) is 0. The molecular weight excluding hydrogens is 146 g/mol. The maximum Gasteiger partial charge on any atom is 0.0367 e. The molecule has 0 heterocycles. The first-order chi connectivity index (χ1) is 5.77. The van der Waals surface area contributed by atoms with Gasteiger partial charge in [0.1, 0.15) is 0 Å². The van der Waals surface area contributed by atoms with E-state index in [1.54, 1.807) is 0 Å². The highest BCUT2D eigenvalue weighted by Gasteiger charge is 1.95. The summed E-state index contributed by atoms with van der Waals surface area (Å²) in [4.78, 5) is 0. The smallest absolute Gasteiger partial charge is 0.0367 e. The normalized spacial score (nSPS) is 11.4. The molecule has 0 bridgehead atoms. The molecule has 0 saturated heterocycles. The van der Waals surface area contributed by atoms with Crippen LogP contribution in [0, 0.1) is 6.92 Å². The van der Waals surface area contributed by atoms with Crippen molar-refractivity contribution in [2.75, 3.05) is 7.05 Å². The minimum Gasteiger partial charge on any atom is -0.388 e. The first-order valence-electron chi connectivity index (χ1n) is 4.19. The van der Waals surface area contributed by atoms with Crippen molar-refractivity contribution in [1.29, 1.82) is 0 Å². The third-order valence-corrected chi connectivity index (χ3v) is 1.89. The van der Waals surface area contributed by atoms with E-state index in [9.17, 15) is 0 Å². The topological polar surface area (TPSA) is 12.0 Å². The van der Waals surface area contributed by atoms with Gasteiger partial charge in [0, 0.05) is 12.7 Å². The van der Waals surface area contributed by atoms with Crippen molar-refractivity contribution in [2.24, 2.45) is 0 Å². The van der Waals surface area contributed by atoms with Crippen LogP contribution in [0.15, 0.2) is 30.3 Å². The van der Waals surface area contributed by atoms with Crippen LogP contribution in [0.5, 0.6) is 0 Å². The Kier molecular flexibility index (Phi) is 2.92. The SMILES string of the molecule is C/C=C(\NC)c1cccc(C)c1. The molecule has 0 saturated carbocycles. The van der Waals surface area contributed by atoms with E-state index in [-0.39, 0.29) is 0 Å². The third kappa shape index (κ3) is 1.88. The molecule has 12 heavy (non-hydrogen) atoms. The van der Waals surface area contributed by atoms with E-state index < -0.39 is 0 Å². The Morgan fingerprint density at radius 2 is 2.17 bits per heavy atom. The molecule has 0 atom stereocenters. The highest BCUT2D eigenvalue weighted by Crippen LogP contribution is 2.11. The zero-order chi connectivity index (χ0) is 8.97. The Balaban J connectivity index is 3.02. The second-order valence-corrected chi connectivity index (χ2v) is 2.82. The number of hydrogen-bond donors (Lipinski definition) is 1. The maximum absolute atomic E-state index is 3.16. The quantitative estimate of drug-likeness (QED) is 0.703. The van der Waals surface area contributed by atoms with E-state index in [0.29, 0.717) is 0 Å². The van der Waals surface area contributed by atoms with Crippen molar-refractivity contribution in [2.45, 2.75) is 13.8 Å². The van der Waals surface area contributed by atoms with Crippen LogP contribution in [0.3, 0.4) is 0 Å². The summed E-state index contributed by atoms with van der Waals surface area (Å²) in [5.41, 5.74) is 3.72. The number of rotatable bonds is 2. The van der Waals surface area contributed by atoms with Crippen LogP contribution in [-0.4, -0.2) is 7.05 Å². The molecule has 0 radical (unpaired) electrons. The fraction of sp³-hybridized carbons (Fsp3) is 0.273. The molecule has 0 aromatic heterocycles. The fourth-order valence-electron chi connectivity index (χ4n) is 1.27. The molecule has 0 aliphatic carbocycles. The van der Waals surface area contributed by atoms with Crippen LogP contribution in [0.2, 0.25) is 0 Å². The van der Waals surface area contributed by atoms with Crippen LogP contribution >= 0.6 is 0 Å².